The molecule has 0 spiro atoms. The van der Waals surface area contributed by atoms with Gasteiger partial charge in [-0.3, -0.25) is 15.0 Å². The molecule has 0 saturated carbocycles. The average molecular weight is 283 g/mol. The van der Waals surface area contributed by atoms with Gasteiger partial charge in [-0.15, -0.1) is 0 Å². The number of hydrogen-bond donors (Lipinski definition) is 1. The highest BCUT2D eigenvalue weighted by Crippen LogP contribution is 2.18. The maximum atomic E-state index is 11.5. The molecular formula is C11H11BrN2O2. The molecule has 0 unspecified atom stereocenters. The van der Waals surface area contributed by atoms with Crippen molar-refractivity contribution in [1.82, 2.24) is 5.32 Å². The zero-order chi connectivity index (χ0) is 11.5. The first-order chi connectivity index (χ1) is 7.70. The summed E-state index contributed by atoms with van der Waals surface area (Å²) in [6, 6.07) is 7.32. The first-order valence-corrected chi connectivity index (χ1v) is 6.09. The van der Waals surface area contributed by atoms with Crippen molar-refractivity contribution in [1.29, 1.82) is 0 Å². The van der Waals surface area contributed by atoms with Crippen LogP contribution in [0.3, 0.4) is 0 Å². The number of nitrogens with one attached hydrogen (secondary N) is 1. The van der Waals surface area contributed by atoms with Gasteiger partial charge in [-0.2, -0.15) is 0 Å². The molecule has 0 radical (unpaired) electrons. The second-order valence-electron chi connectivity index (χ2n) is 3.56. The number of nitrogens with zero attached hydrogens (tertiary/aromatic N) is 1. The molecule has 0 bridgehead atoms. The normalized spacial score (nSPS) is 16.2. The van der Waals surface area contributed by atoms with E-state index in [1.54, 1.807) is 4.90 Å². The molecule has 1 saturated heterocycles. The van der Waals surface area contributed by atoms with E-state index < -0.39 is 0 Å². The van der Waals surface area contributed by atoms with Crippen molar-refractivity contribution in [3.05, 3.63) is 29.8 Å². The minimum absolute atomic E-state index is 0.210. The molecule has 1 fully saturated rings. The Morgan fingerprint density at radius 1 is 1.25 bits per heavy atom. The molecule has 84 valence electrons. The number of carbonyl (C=O) groups excluding carboxylic acids is 2. The predicted molar refractivity (Wildman–Crippen MR) is 64.6 cm³/mol. The molecule has 1 N–H and O–H groups in total. The number of urea groups is 1. The van der Waals surface area contributed by atoms with Crippen LogP contribution in [0, 0.1) is 0 Å². The SMILES string of the molecule is O=C1CCN(c2ccc(CBr)cc2)C(=O)N1. The van der Waals surface area contributed by atoms with Crippen LogP contribution in [0.2, 0.25) is 0 Å². The van der Waals surface area contributed by atoms with Crippen molar-refractivity contribution < 1.29 is 9.59 Å². The molecule has 4 nitrogen and oxygen atoms in total. The van der Waals surface area contributed by atoms with Gasteiger partial charge in [0.25, 0.3) is 0 Å². The molecule has 1 aromatic carbocycles. The number of halogens is 1. The van der Waals surface area contributed by atoms with Crippen LogP contribution < -0.4 is 10.2 Å². The summed E-state index contributed by atoms with van der Waals surface area (Å²) >= 11 is 3.36. The maximum absolute atomic E-state index is 11.5. The molecule has 0 atom stereocenters. The summed E-state index contributed by atoms with van der Waals surface area (Å²) in [6.07, 6.45) is 0.353. The van der Waals surface area contributed by atoms with Crippen LogP contribution in [0.15, 0.2) is 24.3 Å². The molecule has 1 heterocycles. The number of imide groups is 1. The molecule has 5 heteroatoms. The van der Waals surface area contributed by atoms with E-state index in [1.165, 1.54) is 0 Å². The fourth-order valence-corrected chi connectivity index (χ4v) is 1.95. The maximum Gasteiger partial charge on any atom is 0.328 e. The first kappa shape index (κ1) is 11.1. The Morgan fingerprint density at radius 3 is 2.50 bits per heavy atom. The van der Waals surface area contributed by atoms with Crippen LogP contribution in [0.1, 0.15) is 12.0 Å². The van der Waals surface area contributed by atoms with Gasteiger partial charge in [0.15, 0.2) is 0 Å². The number of benzene rings is 1. The lowest BCUT2D eigenvalue weighted by Gasteiger charge is -2.26. The summed E-state index contributed by atoms with van der Waals surface area (Å²) in [4.78, 5) is 24.1. The van der Waals surface area contributed by atoms with Crippen LogP contribution in [0.25, 0.3) is 0 Å². The Bertz CT molecular complexity index is 416. The van der Waals surface area contributed by atoms with Crippen LogP contribution in [0.4, 0.5) is 10.5 Å². The lowest BCUT2D eigenvalue weighted by molar-refractivity contribution is -0.120. The Morgan fingerprint density at radius 2 is 1.94 bits per heavy atom. The third-order valence-electron chi connectivity index (χ3n) is 2.46. The van der Waals surface area contributed by atoms with E-state index in [9.17, 15) is 9.59 Å². The predicted octanol–water partition coefficient (Wildman–Crippen LogP) is 2.03. The highest BCUT2D eigenvalue weighted by atomic mass is 79.9. The van der Waals surface area contributed by atoms with Crippen LogP contribution in [-0.2, 0) is 10.1 Å². The van der Waals surface area contributed by atoms with E-state index in [0.717, 1.165) is 16.6 Å². The molecule has 16 heavy (non-hydrogen) atoms. The summed E-state index contributed by atoms with van der Waals surface area (Å²) in [5.41, 5.74) is 1.96. The fraction of sp³-hybridized carbons (Fsp3) is 0.273. The minimum Gasteiger partial charge on any atom is -0.294 e. The number of anilines is 1. The molecule has 1 aliphatic rings. The number of hydrogen-bond acceptors (Lipinski definition) is 2. The molecular weight excluding hydrogens is 272 g/mol. The van der Waals surface area contributed by atoms with Crippen LogP contribution in [0.5, 0.6) is 0 Å². The van der Waals surface area contributed by atoms with Crippen LogP contribution >= 0.6 is 15.9 Å². The largest absolute Gasteiger partial charge is 0.328 e. The Balaban J connectivity index is 2.17. The smallest absolute Gasteiger partial charge is 0.294 e. The zero-order valence-electron chi connectivity index (χ0n) is 8.57. The van der Waals surface area contributed by atoms with Crippen molar-refractivity contribution in [3.63, 3.8) is 0 Å². The van der Waals surface area contributed by atoms with Gasteiger partial charge in [-0.25, -0.2) is 4.79 Å². The minimum atomic E-state index is -0.345. The third kappa shape index (κ3) is 2.24. The Hall–Kier alpha value is -1.36. The van der Waals surface area contributed by atoms with Gasteiger partial charge in [0.1, 0.15) is 0 Å². The number of carbonyl (C=O) groups is 2. The second kappa shape index (κ2) is 4.65. The molecule has 0 aliphatic carbocycles. The Labute approximate surface area is 102 Å². The first-order valence-electron chi connectivity index (χ1n) is 4.97. The summed E-state index contributed by atoms with van der Waals surface area (Å²) in [7, 11) is 0. The highest BCUT2D eigenvalue weighted by Gasteiger charge is 2.23. The van der Waals surface area contributed by atoms with Gasteiger partial charge in [-0.1, -0.05) is 28.1 Å². The molecule has 1 aliphatic heterocycles. The van der Waals surface area contributed by atoms with Crippen LogP contribution in [-0.4, -0.2) is 18.5 Å². The van der Waals surface area contributed by atoms with E-state index in [-0.39, 0.29) is 11.9 Å². The van der Waals surface area contributed by atoms with Gasteiger partial charge in [0, 0.05) is 24.0 Å². The topological polar surface area (TPSA) is 49.4 Å². The summed E-state index contributed by atoms with van der Waals surface area (Å²) in [5.74, 6) is -0.210. The van der Waals surface area contributed by atoms with E-state index in [0.29, 0.717) is 13.0 Å². The highest BCUT2D eigenvalue weighted by molar-refractivity contribution is 9.08. The molecule has 1 aromatic rings. The Kier molecular flexibility index (Phi) is 3.24. The third-order valence-corrected chi connectivity index (χ3v) is 3.10. The van der Waals surface area contributed by atoms with E-state index in [1.807, 2.05) is 24.3 Å². The summed E-state index contributed by atoms with van der Waals surface area (Å²) < 4.78 is 0. The summed E-state index contributed by atoms with van der Waals surface area (Å²) in [6.45, 7) is 0.443. The van der Waals surface area contributed by atoms with Gasteiger partial charge in [0.2, 0.25) is 5.91 Å². The van der Waals surface area contributed by atoms with Gasteiger partial charge < -0.3 is 0 Å². The summed E-state index contributed by atoms with van der Waals surface area (Å²) in [5, 5.41) is 3.08. The lowest BCUT2D eigenvalue weighted by Crippen LogP contribution is -2.49. The quantitative estimate of drug-likeness (QED) is 0.844. The van der Waals surface area contributed by atoms with Crippen molar-refractivity contribution in [2.45, 2.75) is 11.8 Å². The van der Waals surface area contributed by atoms with Crippen molar-refractivity contribution in [3.8, 4) is 0 Å². The number of amides is 3. The van der Waals surface area contributed by atoms with Crippen molar-refractivity contribution in [2.75, 3.05) is 11.4 Å². The fourth-order valence-electron chi connectivity index (χ4n) is 1.58. The van der Waals surface area contributed by atoms with Gasteiger partial charge in [0.05, 0.1) is 0 Å². The van der Waals surface area contributed by atoms with Crippen molar-refractivity contribution in [2.24, 2.45) is 0 Å². The lowest BCUT2D eigenvalue weighted by atomic mass is 10.2. The second-order valence-corrected chi connectivity index (χ2v) is 4.12. The molecule has 0 aromatic heterocycles. The van der Waals surface area contributed by atoms with E-state index in [2.05, 4.69) is 21.2 Å². The monoisotopic (exact) mass is 282 g/mol. The van der Waals surface area contributed by atoms with E-state index in [4.69, 9.17) is 0 Å². The van der Waals surface area contributed by atoms with Crippen molar-refractivity contribution >= 4 is 33.6 Å². The molecule has 2 rings (SSSR count). The van der Waals surface area contributed by atoms with E-state index >= 15 is 0 Å². The average Bonchev–Trinajstić information content (AvgIpc) is 2.29. The number of rotatable bonds is 2. The van der Waals surface area contributed by atoms with Gasteiger partial charge in [-0.05, 0) is 17.7 Å². The molecule has 3 amide bonds. The zero-order valence-corrected chi connectivity index (χ0v) is 10.2. The van der Waals surface area contributed by atoms with Gasteiger partial charge >= 0.3 is 6.03 Å². The number of alkyl halides is 1. The standard InChI is InChI=1S/C11H11BrN2O2/c12-7-8-1-3-9(4-2-8)14-6-5-10(15)13-11(14)16/h1-4H,5-7H2,(H,13,15,16).